The molecule has 5 heteroatoms. The van der Waals surface area contributed by atoms with Gasteiger partial charge in [-0.1, -0.05) is 35.9 Å². The first kappa shape index (κ1) is 15.2. The second-order valence-corrected chi connectivity index (χ2v) is 5.71. The number of amides is 1. The van der Waals surface area contributed by atoms with Crippen LogP contribution in [0.2, 0.25) is 0 Å². The molecule has 0 saturated heterocycles. The minimum atomic E-state index is -0.736. The fraction of sp³-hybridized carbons (Fsp3) is 0.222. The molecule has 3 aromatic rings. The molecule has 0 bridgehead atoms. The summed E-state index contributed by atoms with van der Waals surface area (Å²) in [4.78, 5) is 16.6. The number of aliphatic hydroxyl groups is 1. The summed E-state index contributed by atoms with van der Waals surface area (Å²) in [5, 5.41) is 12.9. The van der Waals surface area contributed by atoms with Crippen LogP contribution in [0, 0.1) is 13.8 Å². The lowest BCUT2D eigenvalue weighted by Crippen LogP contribution is -2.29. The van der Waals surface area contributed by atoms with Crippen LogP contribution in [-0.2, 0) is 0 Å². The molecule has 0 radical (unpaired) electrons. The minimum absolute atomic E-state index is 0.154. The molecule has 5 nitrogen and oxygen atoms in total. The topological polar surface area (TPSA) is 66.6 Å². The summed E-state index contributed by atoms with van der Waals surface area (Å²) in [5.41, 5.74) is 4.14. The third kappa shape index (κ3) is 3.24. The van der Waals surface area contributed by atoms with Gasteiger partial charge in [-0.3, -0.25) is 9.20 Å². The number of benzene rings is 1. The number of rotatable bonds is 4. The fourth-order valence-electron chi connectivity index (χ4n) is 2.44. The van der Waals surface area contributed by atoms with Gasteiger partial charge in [-0.15, -0.1) is 0 Å². The van der Waals surface area contributed by atoms with Crippen LogP contribution in [0.3, 0.4) is 0 Å². The van der Waals surface area contributed by atoms with Crippen molar-refractivity contribution < 1.29 is 9.90 Å². The summed E-state index contributed by atoms with van der Waals surface area (Å²) < 4.78 is 1.75. The molecule has 0 saturated carbocycles. The van der Waals surface area contributed by atoms with E-state index in [-0.39, 0.29) is 12.5 Å². The summed E-state index contributed by atoms with van der Waals surface area (Å²) in [6.45, 7) is 4.11. The number of nitrogens with zero attached hydrogens (tertiary/aromatic N) is 2. The molecule has 1 atom stereocenters. The van der Waals surface area contributed by atoms with E-state index < -0.39 is 6.10 Å². The van der Waals surface area contributed by atoms with Gasteiger partial charge in [-0.2, -0.15) is 0 Å². The van der Waals surface area contributed by atoms with Gasteiger partial charge < -0.3 is 10.4 Å². The molecular formula is C18H19N3O2. The average molecular weight is 309 g/mol. The Morgan fingerprint density at radius 1 is 1.17 bits per heavy atom. The zero-order valence-electron chi connectivity index (χ0n) is 13.2. The van der Waals surface area contributed by atoms with Crippen molar-refractivity contribution >= 4 is 11.6 Å². The van der Waals surface area contributed by atoms with E-state index in [2.05, 4.69) is 10.3 Å². The number of pyridine rings is 1. The lowest BCUT2D eigenvalue weighted by atomic mass is 10.1. The number of imidazole rings is 1. The molecule has 23 heavy (non-hydrogen) atoms. The van der Waals surface area contributed by atoms with Crippen molar-refractivity contribution in [3.63, 3.8) is 0 Å². The molecule has 2 N–H and O–H groups in total. The summed E-state index contributed by atoms with van der Waals surface area (Å²) in [7, 11) is 0. The monoisotopic (exact) mass is 309 g/mol. The molecule has 2 heterocycles. The zero-order chi connectivity index (χ0) is 16.4. The van der Waals surface area contributed by atoms with Crippen LogP contribution in [0.1, 0.15) is 33.3 Å². The van der Waals surface area contributed by atoms with E-state index in [4.69, 9.17) is 0 Å². The maximum atomic E-state index is 12.3. The normalized spacial score (nSPS) is 12.3. The third-order valence-corrected chi connectivity index (χ3v) is 3.80. The zero-order valence-corrected chi connectivity index (χ0v) is 13.2. The van der Waals surface area contributed by atoms with Crippen molar-refractivity contribution in [3.05, 3.63) is 71.2 Å². The van der Waals surface area contributed by atoms with Crippen molar-refractivity contribution in [2.24, 2.45) is 0 Å². The van der Waals surface area contributed by atoms with Gasteiger partial charge in [-0.25, -0.2) is 4.98 Å². The highest BCUT2D eigenvalue weighted by Crippen LogP contribution is 2.13. The van der Waals surface area contributed by atoms with Crippen LogP contribution in [-0.4, -0.2) is 26.9 Å². The predicted molar refractivity (Wildman–Crippen MR) is 88.4 cm³/mol. The number of fused-ring (bicyclic) bond motifs is 1. The van der Waals surface area contributed by atoms with E-state index in [1.54, 1.807) is 10.6 Å². The lowest BCUT2D eigenvalue weighted by Gasteiger charge is -2.12. The van der Waals surface area contributed by atoms with Crippen LogP contribution in [0.4, 0.5) is 0 Å². The van der Waals surface area contributed by atoms with E-state index >= 15 is 0 Å². The Morgan fingerprint density at radius 3 is 2.61 bits per heavy atom. The van der Waals surface area contributed by atoms with E-state index in [1.807, 2.05) is 56.4 Å². The van der Waals surface area contributed by atoms with Gasteiger partial charge in [0, 0.05) is 12.7 Å². The van der Waals surface area contributed by atoms with Gasteiger partial charge in [0.15, 0.2) is 0 Å². The highest BCUT2D eigenvalue weighted by molar-refractivity contribution is 5.93. The Kier molecular flexibility index (Phi) is 4.12. The van der Waals surface area contributed by atoms with Crippen molar-refractivity contribution in [1.82, 2.24) is 14.7 Å². The summed E-state index contributed by atoms with van der Waals surface area (Å²) in [6, 6.07) is 11.4. The quantitative estimate of drug-likeness (QED) is 0.778. The lowest BCUT2D eigenvalue weighted by molar-refractivity contribution is 0.0910. The van der Waals surface area contributed by atoms with Crippen LogP contribution in [0.5, 0.6) is 0 Å². The van der Waals surface area contributed by atoms with Crippen molar-refractivity contribution in [2.45, 2.75) is 20.0 Å². The molecular weight excluding hydrogens is 290 g/mol. The minimum Gasteiger partial charge on any atom is -0.387 e. The Balaban J connectivity index is 1.71. The van der Waals surface area contributed by atoms with Gasteiger partial charge in [0.05, 0.1) is 12.3 Å². The molecule has 0 aliphatic rings. The number of carbonyl (C=O) groups excluding carboxylic acids is 1. The molecule has 0 aliphatic heterocycles. The van der Waals surface area contributed by atoms with Crippen molar-refractivity contribution in [3.8, 4) is 0 Å². The molecule has 1 amide bonds. The number of carbonyl (C=O) groups is 1. The second kappa shape index (κ2) is 6.22. The maximum absolute atomic E-state index is 12.3. The molecule has 0 fully saturated rings. The van der Waals surface area contributed by atoms with Gasteiger partial charge in [0.2, 0.25) is 0 Å². The highest BCUT2D eigenvalue weighted by atomic mass is 16.3. The van der Waals surface area contributed by atoms with Crippen LogP contribution < -0.4 is 5.32 Å². The maximum Gasteiger partial charge on any atom is 0.270 e. The molecule has 0 spiro atoms. The molecule has 0 aliphatic carbocycles. The van der Waals surface area contributed by atoms with Crippen molar-refractivity contribution in [1.29, 1.82) is 0 Å². The largest absolute Gasteiger partial charge is 0.387 e. The number of hydrogen-bond acceptors (Lipinski definition) is 3. The van der Waals surface area contributed by atoms with Gasteiger partial charge in [-0.05, 0) is 31.0 Å². The number of aliphatic hydroxyl groups excluding tert-OH is 1. The SMILES string of the molecule is Cc1ccc(C(O)CNC(=O)c2cnc3ccc(C)cn23)cc1. The molecule has 118 valence electrons. The standard InChI is InChI=1S/C18H19N3O2/c1-12-3-6-14(7-4-12)16(22)10-20-18(23)15-9-19-17-8-5-13(2)11-21(15)17/h3-9,11,16,22H,10H2,1-2H3,(H,20,23). The van der Waals surface area contributed by atoms with Crippen LogP contribution >= 0.6 is 0 Å². The molecule has 3 rings (SSSR count). The van der Waals surface area contributed by atoms with E-state index in [0.29, 0.717) is 5.69 Å². The number of nitrogens with one attached hydrogen (secondary N) is 1. The second-order valence-electron chi connectivity index (χ2n) is 5.71. The van der Waals surface area contributed by atoms with E-state index in [1.165, 1.54) is 0 Å². The molecule has 1 unspecified atom stereocenters. The first-order chi connectivity index (χ1) is 11.0. The first-order valence-electron chi connectivity index (χ1n) is 7.51. The Labute approximate surface area is 134 Å². The Bertz CT molecular complexity index is 837. The first-order valence-corrected chi connectivity index (χ1v) is 7.51. The Morgan fingerprint density at radius 2 is 1.87 bits per heavy atom. The predicted octanol–water partition coefficient (Wildman–Crippen LogP) is 2.41. The van der Waals surface area contributed by atoms with Gasteiger partial charge >= 0.3 is 0 Å². The third-order valence-electron chi connectivity index (χ3n) is 3.80. The summed E-state index contributed by atoms with van der Waals surface area (Å²) >= 11 is 0. The number of aromatic nitrogens is 2. The summed E-state index contributed by atoms with van der Waals surface area (Å²) in [6.07, 6.45) is 2.68. The average Bonchev–Trinajstić information content (AvgIpc) is 2.96. The van der Waals surface area contributed by atoms with Crippen LogP contribution in [0.25, 0.3) is 5.65 Å². The molecule has 1 aromatic carbocycles. The van der Waals surface area contributed by atoms with Crippen LogP contribution in [0.15, 0.2) is 48.8 Å². The van der Waals surface area contributed by atoms with Gasteiger partial charge in [0.25, 0.3) is 5.91 Å². The molecule has 2 aromatic heterocycles. The number of hydrogen-bond donors (Lipinski definition) is 2. The highest BCUT2D eigenvalue weighted by Gasteiger charge is 2.14. The smallest absolute Gasteiger partial charge is 0.270 e. The van der Waals surface area contributed by atoms with Gasteiger partial charge in [0.1, 0.15) is 11.3 Å². The fourth-order valence-corrected chi connectivity index (χ4v) is 2.44. The van der Waals surface area contributed by atoms with E-state index in [9.17, 15) is 9.90 Å². The number of aryl methyl sites for hydroxylation is 2. The van der Waals surface area contributed by atoms with Crippen molar-refractivity contribution in [2.75, 3.05) is 6.54 Å². The Hall–Kier alpha value is -2.66. The summed E-state index contributed by atoms with van der Waals surface area (Å²) in [5.74, 6) is -0.255. The van der Waals surface area contributed by atoms with E-state index in [0.717, 1.165) is 22.3 Å².